The van der Waals surface area contributed by atoms with Crippen LogP contribution >= 0.6 is 27.5 Å². The van der Waals surface area contributed by atoms with Crippen LogP contribution in [0.5, 0.6) is 11.5 Å². The Hall–Kier alpha value is -1.59. The fraction of sp³-hybridized carbons (Fsp3) is 0. The Morgan fingerprint density at radius 1 is 1.11 bits per heavy atom. The number of nitro groups is 1. The second-order valence-corrected chi connectivity index (χ2v) is 4.64. The van der Waals surface area contributed by atoms with Gasteiger partial charge in [-0.1, -0.05) is 29.8 Å². The van der Waals surface area contributed by atoms with Gasteiger partial charge < -0.3 is 4.74 Å². The zero-order valence-electron chi connectivity index (χ0n) is 8.97. The lowest BCUT2D eigenvalue weighted by Crippen LogP contribution is -1.94. The van der Waals surface area contributed by atoms with E-state index in [9.17, 15) is 10.1 Å². The molecule has 4 nitrogen and oxygen atoms in total. The molecule has 0 saturated heterocycles. The van der Waals surface area contributed by atoms with E-state index in [0.717, 1.165) is 0 Å². The van der Waals surface area contributed by atoms with Crippen LogP contribution in [-0.4, -0.2) is 4.92 Å². The Labute approximate surface area is 116 Å². The Balaban J connectivity index is 2.44. The average molecular weight is 329 g/mol. The van der Waals surface area contributed by atoms with Crippen molar-refractivity contribution in [1.29, 1.82) is 0 Å². The van der Waals surface area contributed by atoms with Gasteiger partial charge in [-0.05, 0) is 40.2 Å². The molecule has 0 bridgehead atoms. The average Bonchev–Trinajstić information content (AvgIpc) is 2.31. The fourth-order valence-corrected chi connectivity index (χ4v) is 2.00. The molecule has 0 spiro atoms. The lowest BCUT2D eigenvalue weighted by molar-refractivity contribution is -0.385. The summed E-state index contributed by atoms with van der Waals surface area (Å²) in [5.74, 6) is 0.599. The van der Waals surface area contributed by atoms with Crippen LogP contribution in [0, 0.1) is 10.1 Å². The van der Waals surface area contributed by atoms with Gasteiger partial charge in [-0.25, -0.2) is 0 Å². The predicted octanol–water partition coefficient (Wildman–Crippen LogP) is 4.80. The van der Waals surface area contributed by atoms with Crippen LogP contribution in [0.2, 0.25) is 5.02 Å². The molecule has 0 unspecified atom stereocenters. The second kappa shape index (κ2) is 5.37. The van der Waals surface area contributed by atoms with Gasteiger partial charge >= 0.3 is 5.69 Å². The van der Waals surface area contributed by atoms with Crippen LogP contribution in [0.1, 0.15) is 0 Å². The summed E-state index contributed by atoms with van der Waals surface area (Å²) in [5.41, 5.74) is -0.241. The maximum atomic E-state index is 10.9. The predicted molar refractivity (Wildman–Crippen MR) is 72.3 cm³/mol. The van der Waals surface area contributed by atoms with Gasteiger partial charge in [0.2, 0.25) is 5.75 Å². The van der Waals surface area contributed by atoms with E-state index in [2.05, 4.69) is 15.9 Å². The smallest absolute Gasteiger partial charge is 0.329 e. The molecule has 0 fully saturated rings. The molecular formula is C12H7BrClNO3. The molecule has 6 heteroatoms. The largest absolute Gasteiger partial charge is 0.449 e. The fourth-order valence-electron chi connectivity index (χ4n) is 1.40. The Kier molecular flexibility index (Phi) is 3.84. The highest BCUT2D eigenvalue weighted by Gasteiger charge is 2.20. The first-order valence-corrected chi connectivity index (χ1v) is 6.12. The minimum Gasteiger partial charge on any atom is -0.449 e. The topological polar surface area (TPSA) is 52.4 Å². The monoisotopic (exact) mass is 327 g/mol. The second-order valence-electron chi connectivity index (χ2n) is 3.38. The summed E-state index contributed by atoms with van der Waals surface area (Å²) in [5, 5.41) is 11.0. The molecule has 2 aromatic rings. The van der Waals surface area contributed by atoms with Crippen molar-refractivity contribution in [2.24, 2.45) is 0 Å². The van der Waals surface area contributed by atoms with Gasteiger partial charge in [0.25, 0.3) is 0 Å². The quantitative estimate of drug-likeness (QED) is 0.600. The molecule has 0 amide bonds. The summed E-state index contributed by atoms with van der Waals surface area (Å²) in [6.07, 6.45) is 0. The number of hydrogen-bond donors (Lipinski definition) is 0. The van der Waals surface area contributed by atoms with Gasteiger partial charge in [0.1, 0.15) is 10.8 Å². The SMILES string of the molecule is O=[N+]([O-])c1c(Cl)cccc1Oc1ccccc1Br. The van der Waals surface area contributed by atoms with E-state index in [1.165, 1.54) is 12.1 Å². The summed E-state index contributed by atoms with van der Waals surface area (Å²) < 4.78 is 6.22. The molecule has 0 atom stereocenters. The maximum absolute atomic E-state index is 10.9. The Morgan fingerprint density at radius 3 is 2.44 bits per heavy atom. The Morgan fingerprint density at radius 2 is 1.78 bits per heavy atom. The van der Waals surface area contributed by atoms with Crippen molar-refractivity contribution in [3.8, 4) is 11.5 Å². The molecular weight excluding hydrogens is 321 g/mol. The highest BCUT2D eigenvalue weighted by Crippen LogP contribution is 2.38. The van der Waals surface area contributed by atoms with Gasteiger partial charge in [-0.15, -0.1) is 0 Å². The minimum absolute atomic E-state index is 0.0459. The third-order valence-electron chi connectivity index (χ3n) is 2.19. The number of hydrogen-bond acceptors (Lipinski definition) is 3. The zero-order valence-corrected chi connectivity index (χ0v) is 11.3. The number of benzene rings is 2. The molecule has 2 rings (SSSR count). The van der Waals surface area contributed by atoms with Crippen molar-refractivity contribution in [3.63, 3.8) is 0 Å². The van der Waals surface area contributed by atoms with Crippen molar-refractivity contribution < 1.29 is 9.66 Å². The standard InChI is InChI=1S/C12H7BrClNO3/c13-8-4-1-2-6-10(8)18-11-7-3-5-9(14)12(11)15(16)17/h1-7H. The normalized spacial score (nSPS) is 10.1. The number of halogens is 2. The highest BCUT2D eigenvalue weighted by molar-refractivity contribution is 9.10. The van der Waals surface area contributed by atoms with Crippen molar-refractivity contribution >= 4 is 33.2 Å². The molecule has 0 aliphatic heterocycles. The van der Waals surface area contributed by atoms with E-state index < -0.39 is 4.92 Å². The molecule has 0 radical (unpaired) electrons. The van der Waals surface area contributed by atoms with Crippen LogP contribution in [0.3, 0.4) is 0 Å². The summed E-state index contributed by atoms with van der Waals surface area (Å²) in [6, 6.07) is 11.6. The van der Waals surface area contributed by atoms with E-state index >= 15 is 0 Å². The first-order chi connectivity index (χ1) is 8.59. The number of rotatable bonds is 3. The number of nitrogens with zero attached hydrogens (tertiary/aromatic N) is 1. The van der Waals surface area contributed by atoms with Crippen molar-refractivity contribution in [2.75, 3.05) is 0 Å². The zero-order chi connectivity index (χ0) is 13.1. The van der Waals surface area contributed by atoms with Crippen LogP contribution < -0.4 is 4.74 Å². The van der Waals surface area contributed by atoms with E-state index in [0.29, 0.717) is 10.2 Å². The molecule has 2 aromatic carbocycles. The maximum Gasteiger partial charge on any atom is 0.329 e. The molecule has 92 valence electrons. The number of ether oxygens (including phenoxy) is 1. The molecule has 18 heavy (non-hydrogen) atoms. The summed E-state index contributed by atoms with van der Waals surface area (Å²) in [4.78, 5) is 10.4. The van der Waals surface area contributed by atoms with Gasteiger partial charge in [-0.3, -0.25) is 10.1 Å². The molecule has 0 saturated carbocycles. The van der Waals surface area contributed by atoms with Crippen LogP contribution in [0.25, 0.3) is 0 Å². The van der Waals surface area contributed by atoms with E-state index in [4.69, 9.17) is 16.3 Å². The molecule has 0 aliphatic rings. The summed E-state index contributed by atoms with van der Waals surface area (Å²) >= 11 is 9.10. The molecule has 0 aromatic heterocycles. The lowest BCUT2D eigenvalue weighted by Gasteiger charge is -2.08. The van der Waals surface area contributed by atoms with E-state index in [-0.39, 0.29) is 16.5 Å². The molecule has 0 heterocycles. The van der Waals surface area contributed by atoms with Crippen molar-refractivity contribution in [1.82, 2.24) is 0 Å². The van der Waals surface area contributed by atoms with Crippen LogP contribution in [0.15, 0.2) is 46.9 Å². The van der Waals surface area contributed by atoms with E-state index in [1.54, 1.807) is 24.3 Å². The van der Waals surface area contributed by atoms with Gasteiger partial charge in [0.05, 0.1) is 9.40 Å². The number of para-hydroxylation sites is 2. The molecule has 0 N–H and O–H groups in total. The van der Waals surface area contributed by atoms with Gasteiger partial charge in [0.15, 0.2) is 0 Å². The lowest BCUT2D eigenvalue weighted by atomic mass is 10.3. The van der Waals surface area contributed by atoms with Gasteiger partial charge in [-0.2, -0.15) is 0 Å². The van der Waals surface area contributed by atoms with Crippen molar-refractivity contribution in [3.05, 3.63) is 62.1 Å². The summed E-state index contributed by atoms with van der Waals surface area (Å²) in [7, 11) is 0. The first-order valence-electron chi connectivity index (χ1n) is 4.95. The Bertz CT molecular complexity index is 604. The van der Waals surface area contributed by atoms with E-state index in [1.807, 2.05) is 6.07 Å². The first kappa shape index (κ1) is 12.9. The number of nitro benzene ring substituents is 1. The van der Waals surface area contributed by atoms with Gasteiger partial charge in [0, 0.05) is 0 Å². The van der Waals surface area contributed by atoms with Crippen LogP contribution in [0.4, 0.5) is 5.69 Å². The third kappa shape index (κ3) is 2.63. The van der Waals surface area contributed by atoms with Crippen LogP contribution in [-0.2, 0) is 0 Å². The summed E-state index contributed by atoms with van der Waals surface area (Å²) in [6.45, 7) is 0. The third-order valence-corrected chi connectivity index (χ3v) is 3.15. The molecule has 0 aliphatic carbocycles. The highest BCUT2D eigenvalue weighted by atomic mass is 79.9. The minimum atomic E-state index is -0.561. The van der Waals surface area contributed by atoms with Crippen molar-refractivity contribution in [2.45, 2.75) is 0 Å².